The topological polar surface area (TPSA) is 64.9 Å². The van der Waals surface area contributed by atoms with Gasteiger partial charge < -0.3 is 10.5 Å². The number of hydrogen-bond donors (Lipinski definition) is 2. The van der Waals surface area contributed by atoms with Crippen molar-refractivity contribution in [2.75, 3.05) is 11.4 Å². The molecule has 0 saturated heterocycles. The lowest BCUT2D eigenvalue weighted by molar-refractivity contribution is 0.242. The Morgan fingerprint density at radius 3 is 2.76 bits per heavy atom. The van der Waals surface area contributed by atoms with Gasteiger partial charge in [0.2, 0.25) is 0 Å². The largest absolute Gasteiger partial charge is 0.411 e. The van der Waals surface area contributed by atoms with Crippen LogP contribution in [-0.4, -0.2) is 29.5 Å². The zero-order valence-corrected chi connectivity index (χ0v) is 12.1. The van der Waals surface area contributed by atoms with Crippen LogP contribution in [0, 0.1) is 0 Å². The minimum atomic E-state index is -0.0338. The maximum absolute atomic E-state index is 12.6. The van der Waals surface area contributed by atoms with E-state index >= 15 is 0 Å². The van der Waals surface area contributed by atoms with Gasteiger partial charge in [-0.15, -0.1) is 0 Å². The predicted molar refractivity (Wildman–Crippen MR) is 82.1 cm³/mol. The molecule has 2 amide bonds. The lowest BCUT2D eigenvalue weighted by Crippen LogP contribution is -2.44. The molecule has 2 aliphatic rings. The maximum atomic E-state index is 12.6. The Morgan fingerprint density at radius 1 is 1.24 bits per heavy atom. The van der Waals surface area contributed by atoms with Crippen molar-refractivity contribution in [3.8, 4) is 0 Å². The first-order valence-corrected chi connectivity index (χ1v) is 7.68. The average molecular weight is 287 g/mol. The molecule has 1 aromatic rings. The molecule has 1 heterocycles. The Kier molecular flexibility index (Phi) is 4.08. The van der Waals surface area contributed by atoms with Crippen molar-refractivity contribution in [1.29, 1.82) is 0 Å². The third kappa shape index (κ3) is 2.86. The van der Waals surface area contributed by atoms with E-state index in [1.54, 1.807) is 4.90 Å². The fourth-order valence-electron chi connectivity index (χ4n) is 3.25. The lowest BCUT2D eigenvalue weighted by Gasteiger charge is -2.25. The Hall–Kier alpha value is -2.04. The maximum Gasteiger partial charge on any atom is 0.322 e. The third-order valence-corrected chi connectivity index (χ3v) is 4.35. The lowest BCUT2D eigenvalue weighted by atomic mass is 10.1. The van der Waals surface area contributed by atoms with Gasteiger partial charge in [0, 0.05) is 18.2 Å². The van der Waals surface area contributed by atoms with Gasteiger partial charge in [-0.3, -0.25) is 4.90 Å². The molecule has 5 heteroatoms. The summed E-state index contributed by atoms with van der Waals surface area (Å²) in [7, 11) is 0. The van der Waals surface area contributed by atoms with E-state index in [4.69, 9.17) is 0 Å². The molecule has 1 aliphatic heterocycles. The molecular formula is C16H21N3O2. The molecule has 3 rings (SSSR count). The summed E-state index contributed by atoms with van der Waals surface area (Å²) in [6.07, 6.45) is 6.02. The fraction of sp³-hybridized carbons (Fsp3) is 0.500. The summed E-state index contributed by atoms with van der Waals surface area (Å²) in [4.78, 5) is 14.4. The first-order chi connectivity index (χ1) is 10.3. The first kappa shape index (κ1) is 13.9. The second-order valence-corrected chi connectivity index (χ2v) is 5.75. The van der Waals surface area contributed by atoms with Crippen molar-refractivity contribution in [2.45, 2.75) is 44.6 Å². The number of para-hydroxylation sites is 1. The quantitative estimate of drug-likeness (QED) is 0.615. The van der Waals surface area contributed by atoms with Crippen LogP contribution in [0.5, 0.6) is 0 Å². The van der Waals surface area contributed by atoms with Crippen LogP contribution in [0.1, 0.15) is 44.1 Å². The van der Waals surface area contributed by atoms with Crippen LogP contribution in [-0.2, 0) is 0 Å². The highest BCUT2D eigenvalue weighted by atomic mass is 16.4. The molecular weight excluding hydrogens is 266 g/mol. The minimum Gasteiger partial charge on any atom is -0.411 e. The van der Waals surface area contributed by atoms with Gasteiger partial charge in [0.05, 0.1) is 11.4 Å². The second-order valence-electron chi connectivity index (χ2n) is 5.75. The second kappa shape index (κ2) is 6.16. The minimum absolute atomic E-state index is 0.0338. The molecule has 0 bridgehead atoms. The molecule has 0 spiro atoms. The highest BCUT2D eigenvalue weighted by molar-refractivity contribution is 6.08. The Labute approximate surface area is 124 Å². The SMILES string of the molecule is O=C(NC1CCCC1)N1CCC/C(=N/O)c2ccccc21. The van der Waals surface area contributed by atoms with Crippen molar-refractivity contribution in [3.05, 3.63) is 29.8 Å². The van der Waals surface area contributed by atoms with Crippen molar-refractivity contribution in [2.24, 2.45) is 5.16 Å². The number of nitrogens with one attached hydrogen (secondary N) is 1. The summed E-state index contributed by atoms with van der Waals surface area (Å²) in [5.74, 6) is 0. The fourth-order valence-corrected chi connectivity index (χ4v) is 3.25. The number of amides is 2. The van der Waals surface area contributed by atoms with Crippen LogP contribution < -0.4 is 10.2 Å². The molecule has 2 N–H and O–H groups in total. The number of rotatable bonds is 1. The molecule has 1 aliphatic carbocycles. The normalized spacial score (nSPS) is 21.1. The van der Waals surface area contributed by atoms with Gasteiger partial charge in [0.1, 0.15) is 0 Å². The van der Waals surface area contributed by atoms with Crippen molar-refractivity contribution >= 4 is 17.4 Å². The van der Waals surface area contributed by atoms with Crippen LogP contribution in [0.4, 0.5) is 10.5 Å². The molecule has 0 radical (unpaired) electrons. The summed E-state index contributed by atoms with van der Waals surface area (Å²) in [5, 5.41) is 15.7. The molecule has 112 valence electrons. The predicted octanol–water partition coefficient (Wildman–Crippen LogP) is 3.12. The average Bonchev–Trinajstić information content (AvgIpc) is 2.93. The van der Waals surface area contributed by atoms with Crippen molar-refractivity contribution in [1.82, 2.24) is 5.32 Å². The smallest absolute Gasteiger partial charge is 0.322 e. The zero-order valence-electron chi connectivity index (χ0n) is 12.1. The number of hydrogen-bond acceptors (Lipinski definition) is 3. The number of carbonyl (C=O) groups is 1. The van der Waals surface area contributed by atoms with E-state index in [1.807, 2.05) is 24.3 Å². The van der Waals surface area contributed by atoms with E-state index in [-0.39, 0.29) is 6.03 Å². The molecule has 21 heavy (non-hydrogen) atoms. The summed E-state index contributed by atoms with van der Waals surface area (Å²) in [6.45, 7) is 0.647. The van der Waals surface area contributed by atoms with Crippen molar-refractivity contribution < 1.29 is 10.0 Å². The van der Waals surface area contributed by atoms with Gasteiger partial charge in [-0.25, -0.2) is 4.79 Å². The van der Waals surface area contributed by atoms with Gasteiger partial charge in [-0.1, -0.05) is 36.2 Å². The summed E-state index contributed by atoms with van der Waals surface area (Å²) < 4.78 is 0. The van der Waals surface area contributed by atoms with Crippen LogP contribution in [0.15, 0.2) is 29.4 Å². The molecule has 0 unspecified atom stereocenters. The van der Waals surface area contributed by atoms with E-state index in [9.17, 15) is 10.0 Å². The summed E-state index contributed by atoms with van der Waals surface area (Å²) in [5.41, 5.74) is 2.33. The third-order valence-electron chi connectivity index (χ3n) is 4.35. The molecule has 1 aromatic carbocycles. The van der Waals surface area contributed by atoms with E-state index in [0.717, 1.165) is 30.5 Å². The number of fused-ring (bicyclic) bond motifs is 1. The van der Waals surface area contributed by atoms with E-state index in [2.05, 4.69) is 10.5 Å². The molecule has 1 saturated carbocycles. The molecule has 0 atom stereocenters. The monoisotopic (exact) mass is 287 g/mol. The molecule has 0 aromatic heterocycles. The highest BCUT2D eigenvalue weighted by Crippen LogP contribution is 2.27. The van der Waals surface area contributed by atoms with Gasteiger partial charge in [-0.2, -0.15) is 0 Å². The Bertz CT molecular complexity index is 550. The number of urea groups is 1. The van der Waals surface area contributed by atoms with Gasteiger partial charge in [-0.05, 0) is 31.7 Å². The zero-order chi connectivity index (χ0) is 14.7. The molecule has 5 nitrogen and oxygen atoms in total. The van der Waals surface area contributed by atoms with Crippen LogP contribution in [0.25, 0.3) is 0 Å². The Morgan fingerprint density at radius 2 is 2.00 bits per heavy atom. The van der Waals surface area contributed by atoms with E-state index in [0.29, 0.717) is 24.7 Å². The summed E-state index contributed by atoms with van der Waals surface area (Å²) in [6, 6.07) is 7.91. The van der Waals surface area contributed by atoms with Gasteiger partial charge >= 0.3 is 6.03 Å². The van der Waals surface area contributed by atoms with E-state index in [1.165, 1.54) is 12.8 Å². The number of anilines is 1. The van der Waals surface area contributed by atoms with Crippen molar-refractivity contribution in [3.63, 3.8) is 0 Å². The van der Waals surface area contributed by atoms with Crippen LogP contribution in [0.3, 0.4) is 0 Å². The Balaban J connectivity index is 1.85. The number of oxime groups is 1. The number of nitrogens with zero attached hydrogens (tertiary/aromatic N) is 2. The summed E-state index contributed by atoms with van der Waals surface area (Å²) >= 11 is 0. The van der Waals surface area contributed by atoms with Crippen LogP contribution in [0.2, 0.25) is 0 Å². The van der Waals surface area contributed by atoms with Gasteiger partial charge in [0.15, 0.2) is 0 Å². The molecule has 1 fully saturated rings. The number of carbonyl (C=O) groups excluding carboxylic acids is 1. The standard InChI is InChI=1S/C16H21N3O2/c20-16(17-12-6-1-2-7-12)19-11-5-9-14(18-21)13-8-3-4-10-15(13)19/h3-4,8,10,12,21H,1-2,5-7,9,11H2,(H,17,20)/b18-14-. The van der Waals surface area contributed by atoms with Gasteiger partial charge in [0.25, 0.3) is 0 Å². The first-order valence-electron chi connectivity index (χ1n) is 7.68. The van der Waals surface area contributed by atoms with Crippen LogP contribution >= 0.6 is 0 Å². The van der Waals surface area contributed by atoms with E-state index < -0.39 is 0 Å². The number of benzene rings is 1. The highest BCUT2D eigenvalue weighted by Gasteiger charge is 2.26.